The second-order valence-electron chi connectivity index (χ2n) is 7.01. The summed E-state index contributed by atoms with van der Waals surface area (Å²) < 4.78 is 33.2. The number of hydrogen-bond donors (Lipinski definition) is 1. The van der Waals surface area contributed by atoms with Gasteiger partial charge in [0.1, 0.15) is 5.75 Å². The number of aromatic hydroxyl groups is 1. The first-order valence-corrected chi connectivity index (χ1v) is 12.6. The molecule has 0 spiro atoms. The van der Waals surface area contributed by atoms with Crippen molar-refractivity contribution >= 4 is 20.4 Å². The standard InChI is InChI=1S/C25H22O4S2/c1-20-12-16-25(17-13-20)31(27,28)29-30(22-8-4-2-5-9-22,23-10-6-3-7-11-23)24-18-14-21(26)15-19-24/h2-19,26H,1H3. The van der Waals surface area contributed by atoms with E-state index in [2.05, 4.69) is 0 Å². The number of phenolic OH excluding ortho intramolecular Hbond substituents is 1. The van der Waals surface area contributed by atoms with Gasteiger partial charge < -0.3 is 5.11 Å². The molecule has 4 rings (SSSR count). The lowest BCUT2D eigenvalue weighted by molar-refractivity contribution is 0.474. The van der Waals surface area contributed by atoms with Gasteiger partial charge in [-0.2, -0.15) is 8.42 Å². The molecule has 0 bridgehead atoms. The molecular formula is C25H22O4S2. The molecule has 0 aliphatic rings. The second kappa shape index (κ2) is 8.59. The van der Waals surface area contributed by atoms with Crippen molar-refractivity contribution in [3.05, 3.63) is 115 Å². The van der Waals surface area contributed by atoms with Crippen LogP contribution in [0.3, 0.4) is 0 Å². The van der Waals surface area contributed by atoms with Crippen LogP contribution in [0.25, 0.3) is 0 Å². The van der Waals surface area contributed by atoms with Gasteiger partial charge in [0.25, 0.3) is 0 Å². The van der Waals surface area contributed by atoms with E-state index in [1.54, 1.807) is 48.5 Å². The molecule has 6 heteroatoms. The van der Waals surface area contributed by atoms with Crippen LogP contribution in [0.4, 0.5) is 0 Å². The van der Waals surface area contributed by atoms with Crippen LogP contribution in [0.15, 0.2) is 129 Å². The highest BCUT2D eigenvalue weighted by Gasteiger charge is 2.38. The molecule has 0 heterocycles. The minimum absolute atomic E-state index is 0.0968. The Bertz CT molecular complexity index is 1210. The lowest BCUT2D eigenvalue weighted by atomic mass is 10.2. The third-order valence-electron chi connectivity index (χ3n) is 4.82. The molecular weight excluding hydrogens is 428 g/mol. The fourth-order valence-corrected chi connectivity index (χ4v) is 8.48. The Hall–Kier alpha value is -3.06. The first kappa shape index (κ1) is 21.2. The van der Waals surface area contributed by atoms with Gasteiger partial charge in [0.05, 0.1) is 4.90 Å². The largest absolute Gasteiger partial charge is 0.508 e. The molecule has 0 atom stereocenters. The van der Waals surface area contributed by atoms with E-state index in [9.17, 15) is 13.5 Å². The molecule has 0 fully saturated rings. The highest BCUT2D eigenvalue weighted by molar-refractivity contribution is 8.33. The molecule has 0 aromatic heterocycles. The summed E-state index contributed by atoms with van der Waals surface area (Å²) in [6, 6.07) is 31.9. The molecule has 31 heavy (non-hydrogen) atoms. The Balaban J connectivity index is 2.00. The van der Waals surface area contributed by atoms with Crippen LogP contribution in [0.1, 0.15) is 5.56 Å². The van der Waals surface area contributed by atoms with Gasteiger partial charge in [-0.3, -0.25) is 0 Å². The Morgan fingerprint density at radius 2 is 1.00 bits per heavy atom. The first-order chi connectivity index (χ1) is 14.9. The smallest absolute Gasteiger partial charge is 0.307 e. The minimum Gasteiger partial charge on any atom is -0.508 e. The predicted molar refractivity (Wildman–Crippen MR) is 123 cm³/mol. The Kier molecular flexibility index (Phi) is 5.87. The lowest BCUT2D eigenvalue weighted by Gasteiger charge is -2.39. The Morgan fingerprint density at radius 1 is 0.581 bits per heavy atom. The van der Waals surface area contributed by atoms with Gasteiger partial charge in [-0.15, -0.1) is 0 Å². The van der Waals surface area contributed by atoms with E-state index in [1.807, 2.05) is 67.6 Å². The summed E-state index contributed by atoms with van der Waals surface area (Å²) in [5, 5.41) is 9.85. The van der Waals surface area contributed by atoms with Crippen LogP contribution < -0.4 is 0 Å². The van der Waals surface area contributed by atoms with E-state index in [4.69, 9.17) is 3.63 Å². The zero-order valence-corrected chi connectivity index (χ0v) is 18.5. The zero-order chi connectivity index (χ0) is 21.9. The van der Waals surface area contributed by atoms with Crippen molar-refractivity contribution in [2.45, 2.75) is 26.5 Å². The normalized spacial score (nSPS) is 12.4. The van der Waals surface area contributed by atoms with Crippen molar-refractivity contribution < 1.29 is 17.2 Å². The van der Waals surface area contributed by atoms with Gasteiger partial charge in [-0.25, -0.2) is 3.63 Å². The van der Waals surface area contributed by atoms with Crippen molar-refractivity contribution in [2.75, 3.05) is 0 Å². The summed E-state index contributed by atoms with van der Waals surface area (Å²) in [6.07, 6.45) is 0. The van der Waals surface area contributed by atoms with Crippen molar-refractivity contribution in [3.63, 3.8) is 0 Å². The van der Waals surface area contributed by atoms with Crippen LogP contribution in [0.5, 0.6) is 5.75 Å². The molecule has 0 saturated heterocycles. The molecule has 4 aromatic carbocycles. The van der Waals surface area contributed by atoms with Crippen molar-refractivity contribution in [3.8, 4) is 5.75 Å². The molecule has 0 radical (unpaired) electrons. The average Bonchev–Trinajstić information content (AvgIpc) is 2.79. The zero-order valence-electron chi connectivity index (χ0n) is 16.9. The van der Waals surface area contributed by atoms with Gasteiger partial charge in [0, 0.05) is 14.7 Å². The molecule has 0 aliphatic heterocycles. The number of benzene rings is 4. The highest BCUT2D eigenvalue weighted by Crippen LogP contribution is 2.70. The molecule has 4 aromatic rings. The molecule has 158 valence electrons. The van der Waals surface area contributed by atoms with E-state index in [0.29, 0.717) is 4.90 Å². The lowest BCUT2D eigenvalue weighted by Crippen LogP contribution is -2.14. The summed E-state index contributed by atoms with van der Waals surface area (Å²) in [5.41, 5.74) is 0.960. The van der Waals surface area contributed by atoms with E-state index in [-0.39, 0.29) is 10.6 Å². The number of rotatable bonds is 6. The second-order valence-corrected chi connectivity index (χ2v) is 11.5. The monoisotopic (exact) mass is 450 g/mol. The van der Waals surface area contributed by atoms with E-state index >= 15 is 0 Å². The number of hydrogen-bond acceptors (Lipinski definition) is 4. The quantitative estimate of drug-likeness (QED) is 0.374. The van der Waals surface area contributed by atoms with Gasteiger partial charge in [-0.05, 0) is 77.9 Å². The molecule has 0 aliphatic carbocycles. The fraction of sp³-hybridized carbons (Fsp3) is 0.0400. The van der Waals surface area contributed by atoms with Crippen LogP contribution in [-0.4, -0.2) is 13.5 Å². The van der Waals surface area contributed by atoms with Crippen LogP contribution in [-0.2, 0) is 13.7 Å². The maximum absolute atomic E-state index is 13.5. The SMILES string of the molecule is Cc1ccc(S(=O)(=O)OS(c2ccccc2)(c2ccccc2)c2ccc(O)cc2)cc1. The Morgan fingerprint density at radius 3 is 1.48 bits per heavy atom. The van der Waals surface area contributed by atoms with Gasteiger partial charge >= 0.3 is 10.1 Å². The minimum atomic E-state index is -4.11. The maximum atomic E-state index is 13.5. The van der Waals surface area contributed by atoms with Gasteiger partial charge in [0.2, 0.25) is 0 Å². The van der Waals surface area contributed by atoms with Crippen molar-refractivity contribution in [1.29, 1.82) is 0 Å². The molecule has 0 unspecified atom stereocenters. The van der Waals surface area contributed by atoms with Crippen LogP contribution in [0.2, 0.25) is 0 Å². The van der Waals surface area contributed by atoms with E-state index < -0.39 is 20.4 Å². The summed E-state index contributed by atoms with van der Waals surface area (Å²) in [5.74, 6) is 0.0968. The van der Waals surface area contributed by atoms with Gasteiger partial charge in [0.15, 0.2) is 0 Å². The van der Waals surface area contributed by atoms with Crippen molar-refractivity contribution in [2.24, 2.45) is 0 Å². The molecule has 0 amide bonds. The topological polar surface area (TPSA) is 63.6 Å². The number of aryl methyl sites for hydroxylation is 1. The van der Waals surface area contributed by atoms with Gasteiger partial charge in [-0.1, -0.05) is 54.1 Å². The van der Waals surface area contributed by atoms with Crippen LogP contribution in [0, 0.1) is 6.92 Å². The summed E-state index contributed by atoms with van der Waals surface area (Å²) in [7, 11) is -6.78. The highest BCUT2D eigenvalue weighted by atomic mass is 32.3. The average molecular weight is 451 g/mol. The maximum Gasteiger partial charge on any atom is 0.307 e. The van der Waals surface area contributed by atoms with Crippen LogP contribution >= 0.6 is 10.3 Å². The summed E-state index contributed by atoms with van der Waals surface area (Å²) in [4.78, 5) is 2.24. The van der Waals surface area contributed by atoms with E-state index in [1.165, 1.54) is 0 Å². The Labute approximate surface area is 184 Å². The first-order valence-electron chi connectivity index (χ1n) is 9.67. The number of phenols is 1. The fourth-order valence-electron chi connectivity index (χ4n) is 3.27. The molecule has 4 nitrogen and oxygen atoms in total. The predicted octanol–water partition coefficient (Wildman–Crippen LogP) is 6.30. The summed E-state index contributed by atoms with van der Waals surface area (Å²) >= 11 is 0. The molecule has 1 N–H and O–H groups in total. The van der Waals surface area contributed by atoms with Crippen molar-refractivity contribution in [1.82, 2.24) is 0 Å². The summed E-state index contributed by atoms with van der Waals surface area (Å²) in [6.45, 7) is 1.90. The third-order valence-corrected chi connectivity index (χ3v) is 10.0. The van der Waals surface area contributed by atoms with E-state index in [0.717, 1.165) is 15.4 Å². The third kappa shape index (κ3) is 4.23. The molecule has 0 saturated carbocycles.